The van der Waals surface area contributed by atoms with Crippen LogP contribution < -0.4 is 0 Å². The number of hydrogen-bond donors (Lipinski definition) is 0. The van der Waals surface area contributed by atoms with Gasteiger partial charge in [-0.05, 0) is 26.0 Å². The summed E-state index contributed by atoms with van der Waals surface area (Å²) in [6.45, 7) is 8.32. The largest absolute Gasteiger partial charge is 0.328 e. The lowest BCUT2D eigenvalue weighted by atomic mass is 10.3. The van der Waals surface area contributed by atoms with E-state index in [9.17, 15) is 0 Å². The van der Waals surface area contributed by atoms with Gasteiger partial charge in [0.1, 0.15) is 0 Å². The molecule has 0 unspecified atom stereocenters. The van der Waals surface area contributed by atoms with Crippen LogP contribution in [0.5, 0.6) is 0 Å². The van der Waals surface area contributed by atoms with Gasteiger partial charge in [-0.1, -0.05) is 26.0 Å². The van der Waals surface area contributed by atoms with Crippen LogP contribution in [0.1, 0.15) is 33.7 Å². The zero-order valence-electron chi connectivity index (χ0n) is 9.36. The van der Waals surface area contributed by atoms with Crippen molar-refractivity contribution < 1.29 is 0 Å². The minimum absolute atomic E-state index is 0.484. The first-order valence-corrected chi connectivity index (χ1v) is 5.20. The fraction of sp³-hybridized carbons (Fsp3) is 0.417. The Morgan fingerprint density at radius 3 is 2.43 bits per heavy atom. The van der Waals surface area contributed by atoms with Crippen LogP contribution in [0.3, 0.4) is 0 Å². The Labute approximate surface area is 85.6 Å². The summed E-state index contributed by atoms with van der Waals surface area (Å²) in [7, 11) is 0. The van der Waals surface area contributed by atoms with Crippen molar-refractivity contribution >= 4 is 11.0 Å². The highest BCUT2D eigenvalue weighted by molar-refractivity contribution is 5.75. The Hall–Kier alpha value is -1.31. The molecule has 0 fully saturated rings. The Bertz CT molecular complexity index is 388. The predicted molar refractivity (Wildman–Crippen MR) is 61.5 cm³/mol. The smallest absolute Gasteiger partial charge is 0.0960 e. The Balaban J connectivity index is 0.000000461. The molecule has 14 heavy (non-hydrogen) atoms. The van der Waals surface area contributed by atoms with Gasteiger partial charge >= 0.3 is 0 Å². The highest BCUT2D eigenvalue weighted by Gasteiger charge is 2.02. The number of benzene rings is 1. The predicted octanol–water partition coefficient (Wildman–Crippen LogP) is 3.64. The van der Waals surface area contributed by atoms with Gasteiger partial charge in [-0.15, -0.1) is 0 Å². The molecule has 2 rings (SSSR count). The molecule has 1 heterocycles. The quantitative estimate of drug-likeness (QED) is 0.671. The molecule has 0 radical (unpaired) electrons. The van der Waals surface area contributed by atoms with Gasteiger partial charge < -0.3 is 4.57 Å². The number of aromatic nitrogens is 2. The minimum Gasteiger partial charge on any atom is -0.328 e. The molecular formula is C12H18N2. The lowest BCUT2D eigenvalue weighted by Gasteiger charge is -2.06. The molecule has 0 aliphatic carbocycles. The first-order valence-electron chi connectivity index (χ1n) is 5.20. The number of hydrogen-bond acceptors (Lipinski definition) is 1. The molecule has 0 saturated carbocycles. The Morgan fingerprint density at radius 2 is 1.79 bits per heavy atom. The summed E-state index contributed by atoms with van der Waals surface area (Å²) >= 11 is 0. The molecule has 1 aromatic heterocycles. The van der Waals surface area contributed by atoms with E-state index in [0.29, 0.717) is 6.04 Å². The second-order valence-corrected chi connectivity index (χ2v) is 3.23. The van der Waals surface area contributed by atoms with E-state index in [1.807, 2.05) is 38.4 Å². The molecule has 0 saturated heterocycles. The van der Waals surface area contributed by atoms with Crippen molar-refractivity contribution in [2.24, 2.45) is 0 Å². The third kappa shape index (κ3) is 1.95. The molecule has 0 aliphatic heterocycles. The molecule has 76 valence electrons. The van der Waals surface area contributed by atoms with Gasteiger partial charge in [-0.3, -0.25) is 0 Å². The zero-order valence-corrected chi connectivity index (χ0v) is 9.36. The van der Waals surface area contributed by atoms with Crippen LogP contribution in [0.15, 0.2) is 30.6 Å². The number of fused-ring (bicyclic) bond motifs is 1. The van der Waals surface area contributed by atoms with E-state index in [1.54, 1.807) is 0 Å². The normalized spacial score (nSPS) is 10.1. The number of para-hydroxylation sites is 2. The van der Waals surface area contributed by atoms with Crippen LogP contribution in [0.2, 0.25) is 0 Å². The Morgan fingerprint density at radius 1 is 1.14 bits per heavy atom. The maximum Gasteiger partial charge on any atom is 0.0960 e. The van der Waals surface area contributed by atoms with Crippen molar-refractivity contribution in [2.75, 3.05) is 0 Å². The maximum atomic E-state index is 4.30. The van der Waals surface area contributed by atoms with Crippen LogP contribution in [0.4, 0.5) is 0 Å². The first-order chi connectivity index (χ1) is 6.79. The molecule has 1 aromatic carbocycles. The van der Waals surface area contributed by atoms with Gasteiger partial charge in [0, 0.05) is 6.04 Å². The number of imidazole rings is 1. The van der Waals surface area contributed by atoms with E-state index >= 15 is 0 Å². The molecule has 0 aliphatic rings. The van der Waals surface area contributed by atoms with Gasteiger partial charge in [0.25, 0.3) is 0 Å². The van der Waals surface area contributed by atoms with Crippen LogP contribution in [0.25, 0.3) is 11.0 Å². The topological polar surface area (TPSA) is 17.8 Å². The lowest BCUT2D eigenvalue weighted by molar-refractivity contribution is 0.617. The van der Waals surface area contributed by atoms with Crippen molar-refractivity contribution in [1.82, 2.24) is 9.55 Å². The zero-order chi connectivity index (χ0) is 10.6. The van der Waals surface area contributed by atoms with E-state index in [2.05, 4.69) is 29.5 Å². The van der Waals surface area contributed by atoms with Crippen LogP contribution >= 0.6 is 0 Å². The van der Waals surface area contributed by atoms with Crippen LogP contribution in [0, 0.1) is 0 Å². The summed E-state index contributed by atoms with van der Waals surface area (Å²) in [5.74, 6) is 0. The molecular weight excluding hydrogens is 172 g/mol. The fourth-order valence-corrected chi connectivity index (χ4v) is 1.39. The van der Waals surface area contributed by atoms with Gasteiger partial charge in [0.2, 0.25) is 0 Å². The van der Waals surface area contributed by atoms with E-state index in [-0.39, 0.29) is 0 Å². The monoisotopic (exact) mass is 190 g/mol. The summed E-state index contributed by atoms with van der Waals surface area (Å²) in [6, 6.07) is 8.68. The number of nitrogens with zero attached hydrogens (tertiary/aromatic N) is 2. The van der Waals surface area contributed by atoms with Crippen LogP contribution in [-0.2, 0) is 0 Å². The van der Waals surface area contributed by atoms with Gasteiger partial charge in [-0.25, -0.2) is 4.98 Å². The third-order valence-electron chi connectivity index (χ3n) is 2.04. The summed E-state index contributed by atoms with van der Waals surface area (Å²) in [5, 5.41) is 0. The van der Waals surface area contributed by atoms with E-state index in [4.69, 9.17) is 0 Å². The van der Waals surface area contributed by atoms with Crippen molar-refractivity contribution in [1.29, 1.82) is 0 Å². The third-order valence-corrected chi connectivity index (χ3v) is 2.04. The second kappa shape index (κ2) is 4.80. The Kier molecular flexibility index (Phi) is 3.69. The molecule has 0 N–H and O–H groups in total. The average molecular weight is 190 g/mol. The maximum absolute atomic E-state index is 4.30. The summed E-state index contributed by atoms with van der Waals surface area (Å²) in [4.78, 5) is 4.30. The highest BCUT2D eigenvalue weighted by Crippen LogP contribution is 2.15. The van der Waals surface area contributed by atoms with E-state index in [1.165, 1.54) is 5.52 Å². The standard InChI is InChI=1S/C10H12N2.C2H6/c1-8(2)12-7-11-9-5-3-4-6-10(9)12;1-2/h3-8H,1-2H3;1-2H3. The lowest BCUT2D eigenvalue weighted by Crippen LogP contribution is -1.97. The van der Waals surface area contributed by atoms with Gasteiger partial charge in [0.05, 0.1) is 17.4 Å². The number of rotatable bonds is 1. The SMILES string of the molecule is CC.CC(C)n1cnc2ccccc21. The van der Waals surface area contributed by atoms with Crippen molar-refractivity contribution in [3.05, 3.63) is 30.6 Å². The molecule has 0 amide bonds. The molecule has 0 bridgehead atoms. The fourth-order valence-electron chi connectivity index (χ4n) is 1.39. The first kappa shape index (κ1) is 10.8. The van der Waals surface area contributed by atoms with Crippen molar-refractivity contribution in [3.63, 3.8) is 0 Å². The van der Waals surface area contributed by atoms with E-state index in [0.717, 1.165) is 5.52 Å². The summed E-state index contributed by atoms with van der Waals surface area (Å²) in [6.07, 6.45) is 1.90. The van der Waals surface area contributed by atoms with Gasteiger partial charge in [0.15, 0.2) is 0 Å². The minimum atomic E-state index is 0.484. The molecule has 0 spiro atoms. The molecule has 2 heteroatoms. The summed E-state index contributed by atoms with van der Waals surface area (Å²) < 4.78 is 2.18. The average Bonchev–Trinajstić information content (AvgIpc) is 2.64. The summed E-state index contributed by atoms with van der Waals surface area (Å²) in [5.41, 5.74) is 2.29. The van der Waals surface area contributed by atoms with Crippen LogP contribution in [-0.4, -0.2) is 9.55 Å². The molecule has 0 atom stereocenters. The molecule has 2 nitrogen and oxygen atoms in total. The van der Waals surface area contributed by atoms with Crippen molar-refractivity contribution in [3.8, 4) is 0 Å². The van der Waals surface area contributed by atoms with Crippen molar-refractivity contribution in [2.45, 2.75) is 33.7 Å². The van der Waals surface area contributed by atoms with Gasteiger partial charge in [-0.2, -0.15) is 0 Å². The second-order valence-electron chi connectivity index (χ2n) is 3.23. The highest BCUT2D eigenvalue weighted by atomic mass is 15.1. The molecule has 2 aromatic rings. The van der Waals surface area contributed by atoms with E-state index < -0.39 is 0 Å².